The Morgan fingerprint density at radius 3 is 2.50 bits per heavy atom. The van der Waals surface area contributed by atoms with Crippen LogP contribution in [0.4, 0.5) is 28.8 Å². The van der Waals surface area contributed by atoms with Crippen LogP contribution in [0.5, 0.6) is 0 Å². The highest BCUT2D eigenvalue weighted by atomic mass is 32.1. The molecule has 4 rings (SSSR count). The molecule has 1 fully saturated rings. The molecular weight excluding hydrogens is 413 g/mol. The number of thiazole rings is 1. The number of carbonyl (C=O) groups is 1. The van der Waals surface area contributed by atoms with Gasteiger partial charge in [-0.15, -0.1) is 0 Å². The van der Waals surface area contributed by atoms with Gasteiger partial charge in [0.15, 0.2) is 5.13 Å². The lowest BCUT2D eigenvalue weighted by Crippen LogP contribution is -2.50. The highest BCUT2D eigenvalue weighted by Gasteiger charge is 2.34. The van der Waals surface area contributed by atoms with E-state index in [9.17, 15) is 18.0 Å². The molecule has 2 amide bonds. The number of aryl methyl sites for hydroxylation is 2. The van der Waals surface area contributed by atoms with E-state index < -0.39 is 17.8 Å². The predicted octanol–water partition coefficient (Wildman–Crippen LogP) is 5.29. The van der Waals surface area contributed by atoms with Gasteiger partial charge in [-0.25, -0.2) is 9.78 Å². The molecule has 3 aromatic rings. The quantitative estimate of drug-likeness (QED) is 0.597. The number of aromatic nitrogens is 1. The molecule has 0 radical (unpaired) electrons. The molecule has 2 heterocycles. The molecule has 0 aliphatic carbocycles. The molecule has 30 heavy (non-hydrogen) atoms. The van der Waals surface area contributed by atoms with Crippen molar-refractivity contribution in [2.24, 2.45) is 0 Å². The summed E-state index contributed by atoms with van der Waals surface area (Å²) in [5.41, 5.74) is 2.24. The third-order valence-corrected chi connectivity index (χ3v) is 6.19. The zero-order chi connectivity index (χ0) is 21.5. The molecular formula is C21H21F3N4OS. The Morgan fingerprint density at radius 2 is 1.80 bits per heavy atom. The van der Waals surface area contributed by atoms with E-state index in [1.807, 2.05) is 6.92 Å². The first kappa shape index (κ1) is 20.5. The fourth-order valence-corrected chi connectivity index (χ4v) is 4.82. The Labute approximate surface area is 176 Å². The molecule has 0 spiro atoms. The van der Waals surface area contributed by atoms with E-state index in [-0.39, 0.29) is 5.69 Å². The largest absolute Gasteiger partial charge is 0.418 e. The highest BCUT2D eigenvalue weighted by molar-refractivity contribution is 7.22. The SMILES string of the molecule is Cc1cc(C)c2nc(N3CCN(C(=O)Nc4ccccc4C(F)(F)F)CC3)sc2c1. The second-order valence-electron chi connectivity index (χ2n) is 7.37. The number of nitrogens with zero attached hydrogens (tertiary/aromatic N) is 3. The lowest BCUT2D eigenvalue weighted by molar-refractivity contribution is -0.136. The van der Waals surface area contributed by atoms with Crippen molar-refractivity contribution in [2.75, 3.05) is 36.4 Å². The van der Waals surface area contributed by atoms with Gasteiger partial charge >= 0.3 is 12.2 Å². The van der Waals surface area contributed by atoms with Crippen molar-refractivity contribution in [1.29, 1.82) is 0 Å². The van der Waals surface area contributed by atoms with Crippen molar-refractivity contribution < 1.29 is 18.0 Å². The average molecular weight is 434 g/mol. The van der Waals surface area contributed by atoms with E-state index in [4.69, 9.17) is 4.98 Å². The zero-order valence-corrected chi connectivity index (χ0v) is 17.4. The van der Waals surface area contributed by atoms with Crippen molar-refractivity contribution in [3.63, 3.8) is 0 Å². The minimum atomic E-state index is -4.52. The number of para-hydroxylation sites is 1. The third kappa shape index (κ3) is 4.07. The number of hydrogen-bond acceptors (Lipinski definition) is 4. The van der Waals surface area contributed by atoms with Crippen molar-refractivity contribution in [1.82, 2.24) is 9.88 Å². The maximum Gasteiger partial charge on any atom is 0.418 e. The van der Waals surface area contributed by atoms with Gasteiger partial charge in [-0.3, -0.25) is 0 Å². The number of anilines is 2. The van der Waals surface area contributed by atoms with E-state index in [1.54, 1.807) is 11.3 Å². The second kappa shape index (κ2) is 7.79. The van der Waals surface area contributed by atoms with Crippen molar-refractivity contribution in [3.8, 4) is 0 Å². The average Bonchev–Trinajstić information content (AvgIpc) is 3.12. The standard InChI is InChI=1S/C21H21F3N4OS/c1-13-11-14(2)18-17(12-13)30-20(26-18)28-9-7-27(8-10-28)19(29)25-16-6-4-3-5-15(16)21(22,23)24/h3-6,11-12H,7-10H2,1-2H3,(H,25,29). The van der Waals surface area contributed by atoms with Gasteiger partial charge in [0.2, 0.25) is 0 Å². The van der Waals surface area contributed by atoms with Crippen LogP contribution in [0, 0.1) is 13.8 Å². The summed E-state index contributed by atoms with van der Waals surface area (Å²) in [5, 5.41) is 3.32. The van der Waals surface area contributed by atoms with Gasteiger partial charge in [-0.05, 0) is 43.2 Å². The Balaban J connectivity index is 1.43. The molecule has 9 heteroatoms. The Kier molecular flexibility index (Phi) is 5.31. The van der Waals surface area contributed by atoms with E-state index in [2.05, 4.69) is 29.3 Å². The fourth-order valence-electron chi connectivity index (χ4n) is 3.63. The molecule has 158 valence electrons. The molecule has 1 aliphatic rings. The summed E-state index contributed by atoms with van der Waals surface area (Å²) >= 11 is 1.62. The highest BCUT2D eigenvalue weighted by Crippen LogP contribution is 2.35. The van der Waals surface area contributed by atoms with Gasteiger partial charge < -0.3 is 15.1 Å². The fraction of sp³-hybridized carbons (Fsp3) is 0.333. The van der Waals surface area contributed by atoms with Crippen LogP contribution in [-0.4, -0.2) is 42.1 Å². The number of nitrogens with one attached hydrogen (secondary N) is 1. The molecule has 1 aromatic heterocycles. The van der Waals surface area contributed by atoms with E-state index in [0.29, 0.717) is 26.2 Å². The van der Waals surface area contributed by atoms with Crippen LogP contribution >= 0.6 is 11.3 Å². The minimum absolute atomic E-state index is 0.227. The van der Waals surface area contributed by atoms with Crippen molar-refractivity contribution in [3.05, 3.63) is 53.1 Å². The summed E-state index contributed by atoms with van der Waals surface area (Å²) < 4.78 is 40.6. The lowest BCUT2D eigenvalue weighted by atomic mass is 10.1. The normalized spacial score (nSPS) is 15.0. The molecule has 0 bridgehead atoms. The number of piperazine rings is 1. The summed E-state index contributed by atoms with van der Waals surface area (Å²) in [6.45, 7) is 6.07. The number of amides is 2. The van der Waals surface area contributed by atoms with Crippen LogP contribution in [0.2, 0.25) is 0 Å². The first-order valence-corrected chi connectivity index (χ1v) is 10.4. The second-order valence-corrected chi connectivity index (χ2v) is 8.38. The van der Waals surface area contributed by atoms with E-state index in [1.165, 1.54) is 28.7 Å². The number of urea groups is 1. The van der Waals surface area contributed by atoms with Gasteiger partial charge in [0.1, 0.15) is 0 Å². The first-order valence-electron chi connectivity index (χ1n) is 9.57. The molecule has 1 N–H and O–H groups in total. The predicted molar refractivity (Wildman–Crippen MR) is 113 cm³/mol. The van der Waals surface area contributed by atoms with Crippen molar-refractivity contribution in [2.45, 2.75) is 20.0 Å². The molecule has 0 unspecified atom stereocenters. The Bertz CT molecular complexity index is 1090. The van der Waals surface area contributed by atoms with Gasteiger partial charge in [-0.1, -0.05) is 29.5 Å². The maximum absolute atomic E-state index is 13.1. The minimum Gasteiger partial charge on any atom is -0.345 e. The molecule has 2 aromatic carbocycles. The monoisotopic (exact) mass is 434 g/mol. The molecule has 5 nitrogen and oxygen atoms in total. The van der Waals surface area contributed by atoms with Crippen LogP contribution in [0.25, 0.3) is 10.2 Å². The summed E-state index contributed by atoms with van der Waals surface area (Å²) in [6, 6.07) is 8.70. The van der Waals surface area contributed by atoms with Crippen LogP contribution in [0.1, 0.15) is 16.7 Å². The number of fused-ring (bicyclic) bond motifs is 1. The number of rotatable bonds is 2. The summed E-state index contributed by atoms with van der Waals surface area (Å²) in [6.07, 6.45) is -4.52. The smallest absolute Gasteiger partial charge is 0.345 e. The van der Waals surface area contributed by atoms with Gasteiger partial charge in [0, 0.05) is 26.2 Å². The maximum atomic E-state index is 13.1. The lowest BCUT2D eigenvalue weighted by Gasteiger charge is -2.34. The molecule has 0 atom stereocenters. The number of benzene rings is 2. The number of carbonyl (C=O) groups excluding carboxylic acids is 1. The van der Waals surface area contributed by atoms with E-state index >= 15 is 0 Å². The Hall–Kier alpha value is -2.81. The number of hydrogen-bond donors (Lipinski definition) is 1. The zero-order valence-electron chi connectivity index (χ0n) is 16.6. The summed E-state index contributed by atoms with van der Waals surface area (Å²) in [7, 11) is 0. The number of halogens is 3. The van der Waals surface area contributed by atoms with E-state index in [0.717, 1.165) is 27.0 Å². The first-order chi connectivity index (χ1) is 14.2. The van der Waals surface area contributed by atoms with Gasteiger partial charge in [0.05, 0.1) is 21.5 Å². The summed E-state index contributed by atoms with van der Waals surface area (Å²) in [4.78, 5) is 20.9. The molecule has 0 saturated carbocycles. The Morgan fingerprint density at radius 1 is 1.10 bits per heavy atom. The van der Waals surface area contributed by atoms with Gasteiger partial charge in [-0.2, -0.15) is 13.2 Å². The van der Waals surface area contributed by atoms with Crippen LogP contribution in [-0.2, 0) is 6.18 Å². The topological polar surface area (TPSA) is 48.5 Å². The van der Waals surface area contributed by atoms with Crippen LogP contribution in [0.3, 0.4) is 0 Å². The molecule has 1 aliphatic heterocycles. The third-order valence-electron chi connectivity index (χ3n) is 5.13. The number of alkyl halides is 3. The van der Waals surface area contributed by atoms with Gasteiger partial charge in [0.25, 0.3) is 0 Å². The summed E-state index contributed by atoms with van der Waals surface area (Å²) in [5.74, 6) is 0. The van der Waals surface area contributed by atoms with Crippen molar-refractivity contribution >= 4 is 38.4 Å². The molecule has 1 saturated heterocycles. The van der Waals surface area contributed by atoms with Crippen LogP contribution < -0.4 is 10.2 Å². The van der Waals surface area contributed by atoms with Crippen LogP contribution in [0.15, 0.2) is 36.4 Å².